The quantitative estimate of drug-likeness (QED) is 0.708. The molecule has 0 saturated heterocycles. The standard InChI is InChI=1S/C17H20ClN7O2/c1-24(10-15-20-22-23-25(15)12-5-3-2-4-6-12)17-19-16(27-21-17)11-7-8-13(18)14(26)9-11/h7-9,12,26H,2-6,10H2,1H3. The highest BCUT2D eigenvalue weighted by atomic mass is 35.5. The Kier molecular flexibility index (Phi) is 4.93. The maximum Gasteiger partial charge on any atom is 0.266 e. The molecule has 1 aliphatic carbocycles. The number of aromatic hydroxyl groups is 1. The Balaban J connectivity index is 1.49. The predicted octanol–water partition coefficient (Wildman–Crippen LogP) is 3.22. The third-order valence-electron chi connectivity index (χ3n) is 4.81. The molecule has 2 heterocycles. The lowest BCUT2D eigenvalue weighted by Crippen LogP contribution is -2.24. The van der Waals surface area contributed by atoms with Crippen LogP contribution < -0.4 is 4.90 Å². The van der Waals surface area contributed by atoms with Crippen LogP contribution >= 0.6 is 11.6 Å². The van der Waals surface area contributed by atoms with Gasteiger partial charge in [0.05, 0.1) is 17.6 Å². The third kappa shape index (κ3) is 3.73. The number of tetrazole rings is 1. The largest absolute Gasteiger partial charge is 0.506 e. The molecule has 1 N–H and O–H groups in total. The fraction of sp³-hybridized carbons (Fsp3) is 0.471. The van der Waals surface area contributed by atoms with Gasteiger partial charge in [-0.1, -0.05) is 30.9 Å². The first-order chi connectivity index (χ1) is 13.1. The zero-order valence-corrected chi connectivity index (χ0v) is 15.7. The number of aromatic nitrogens is 6. The number of phenolic OH excluding ortho intramolecular Hbond substituents is 1. The number of halogens is 1. The van der Waals surface area contributed by atoms with Crippen molar-refractivity contribution in [1.82, 2.24) is 30.3 Å². The van der Waals surface area contributed by atoms with Gasteiger partial charge in [-0.3, -0.25) is 0 Å². The van der Waals surface area contributed by atoms with Crippen molar-refractivity contribution >= 4 is 17.5 Å². The fourth-order valence-electron chi connectivity index (χ4n) is 3.34. The van der Waals surface area contributed by atoms with Crippen LogP contribution in [0.5, 0.6) is 5.75 Å². The predicted molar refractivity (Wildman–Crippen MR) is 98.5 cm³/mol. The Bertz CT molecular complexity index is 920. The van der Waals surface area contributed by atoms with E-state index < -0.39 is 0 Å². The molecule has 0 radical (unpaired) electrons. The molecule has 27 heavy (non-hydrogen) atoms. The number of rotatable bonds is 5. The van der Waals surface area contributed by atoms with Crippen LogP contribution in [-0.2, 0) is 6.54 Å². The van der Waals surface area contributed by atoms with E-state index in [2.05, 4.69) is 25.7 Å². The molecular weight excluding hydrogens is 370 g/mol. The molecule has 0 bridgehead atoms. The summed E-state index contributed by atoms with van der Waals surface area (Å²) in [4.78, 5) is 6.22. The highest BCUT2D eigenvalue weighted by molar-refractivity contribution is 6.32. The number of benzene rings is 1. The summed E-state index contributed by atoms with van der Waals surface area (Å²) in [5.41, 5.74) is 0.594. The molecule has 1 aliphatic rings. The first kappa shape index (κ1) is 17.7. The summed E-state index contributed by atoms with van der Waals surface area (Å²) in [6, 6.07) is 5.14. The van der Waals surface area contributed by atoms with Gasteiger partial charge in [-0.2, -0.15) is 4.98 Å². The maximum atomic E-state index is 9.75. The molecule has 0 unspecified atom stereocenters. The summed E-state index contributed by atoms with van der Waals surface area (Å²) in [5.74, 6) is 1.46. The minimum atomic E-state index is -0.0334. The smallest absolute Gasteiger partial charge is 0.266 e. The maximum absolute atomic E-state index is 9.75. The first-order valence-corrected chi connectivity index (χ1v) is 9.30. The minimum Gasteiger partial charge on any atom is -0.506 e. The topological polar surface area (TPSA) is 106 Å². The number of hydrogen-bond acceptors (Lipinski definition) is 8. The summed E-state index contributed by atoms with van der Waals surface area (Å²) in [6.45, 7) is 0.467. The number of nitrogens with zero attached hydrogens (tertiary/aromatic N) is 7. The van der Waals surface area contributed by atoms with E-state index in [4.69, 9.17) is 16.1 Å². The summed E-state index contributed by atoms with van der Waals surface area (Å²) in [5, 5.41) is 26.2. The molecule has 10 heteroatoms. The van der Waals surface area contributed by atoms with Crippen LogP contribution in [-0.4, -0.2) is 42.5 Å². The van der Waals surface area contributed by atoms with Gasteiger partial charge in [0.15, 0.2) is 5.82 Å². The van der Waals surface area contributed by atoms with Gasteiger partial charge in [0.2, 0.25) is 0 Å². The summed E-state index contributed by atoms with van der Waals surface area (Å²) < 4.78 is 7.24. The van der Waals surface area contributed by atoms with E-state index >= 15 is 0 Å². The second kappa shape index (κ2) is 7.51. The second-order valence-electron chi connectivity index (χ2n) is 6.75. The minimum absolute atomic E-state index is 0.0334. The molecule has 142 valence electrons. The Labute approximate surface area is 160 Å². The van der Waals surface area contributed by atoms with Crippen molar-refractivity contribution in [3.05, 3.63) is 29.0 Å². The molecule has 0 amide bonds. The van der Waals surface area contributed by atoms with Crippen LogP contribution in [0.1, 0.15) is 44.0 Å². The molecule has 0 spiro atoms. The molecule has 4 rings (SSSR count). The molecule has 9 nitrogen and oxygen atoms in total. The van der Waals surface area contributed by atoms with Crippen molar-refractivity contribution < 1.29 is 9.63 Å². The zero-order valence-electron chi connectivity index (χ0n) is 14.9. The lowest BCUT2D eigenvalue weighted by Gasteiger charge is -2.23. The van der Waals surface area contributed by atoms with Crippen LogP contribution in [0, 0.1) is 0 Å². The molecule has 1 aromatic carbocycles. The summed E-state index contributed by atoms with van der Waals surface area (Å²) >= 11 is 5.84. The summed E-state index contributed by atoms with van der Waals surface area (Å²) in [7, 11) is 1.86. The third-order valence-corrected chi connectivity index (χ3v) is 5.13. The summed E-state index contributed by atoms with van der Waals surface area (Å²) in [6.07, 6.45) is 5.91. The van der Waals surface area contributed by atoms with Crippen LogP contribution in [0.15, 0.2) is 22.7 Å². The monoisotopic (exact) mass is 389 g/mol. The molecular formula is C17H20ClN7O2. The number of anilines is 1. The van der Waals surface area contributed by atoms with Crippen LogP contribution in [0.3, 0.4) is 0 Å². The van der Waals surface area contributed by atoms with Gasteiger partial charge in [-0.15, -0.1) is 5.10 Å². The van der Waals surface area contributed by atoms with Gasteiger partial charge in [0.25, 0.3) is 11.8 Å². The highest BCUT2D eigenvalue weighted by Gasteiger charge is 2.22. The second-order valence-corrected chi connectivity index (χ2v) is 7.16. The van der Waals surface area contributed by atoms with E-state index in [1.54, 1.807) is 12.1 Å². The lowest BCUT2D eigenvalue weighted by atomic mass is 9.95. The van der Waals surface area contributed by atoms with E-state index in [9.17, 15) is 5.11 Å². The van der Waals surface area contributed by atoms with Gasteiger partial charge in [0.1, 0.15) is 5.75 Å². The lowest BCUT2D eigenvalue weighted by molar-refractivity contribution is 0.316. The Morgan fingerprint density at radius 3 is 2.89 bits per heavy atom. The van der Waals surface area contributed by atoms with Crippen molar-refractivity contribution in [2.75, 3.05) is 11.9 Å². The van der Waals surface area contributed by atoms with E-state index in [0.29, 0.717) is 30.0 Å². The highest BCUT2D eigenvalue weighted by Crippen LogP contribution is 2.30. The van der Waals surface area contributed by atoms with Crippen molar-refractivity contribution in [1.29, 1.82) is 0 Å². The van der Waals surface area contributed by atoms with Crippen molar-refractivity contribution in [2.45, 2.75) is 44.7 Å². The average Bonchev–Trinajstić information content (AvgIpc) is 3.34. The van der Waals surface area contributed by atoms with Crippen molar-refractivity contribution in [2.24, 2.45) is 0 Å². The van der Waals surface area contributed by atoms with E-state index in [1.165, 1.54) is 25.3 Å². The molecule has 1 fully saturated rings. The first-order valence-electron chi connectivity index (χ1n) is 8.92. The zero-order chi connectivity index (χ0) is 18.8. The molecule has 0 aliphatic heterocycles. The van der Waals surface area contributed by atoms with Gasteiger partial charge in [-0.05, 0) is 46.6 Å². The van der Waals surface area contributed by atoms with Crippen LogP contribution in [0.25, 0.3) is 11.5 Å². The van der Waals surface area contributed by atoms with Gasteiger partial charge < -0.3 is 14.5 Å². The van der Waals surface area contributed by atoms with Crippen LogP contribution in [0.4, 0.5) is 5.95 Å². The molecule has 2 aromatic heterocycles. The Hall–Kier alpha value is -2.68. The van der Waals surface area contributed by atoms with E-state index in [1.807, 2.05) is 16.6 Å². The Morgan fingerprint density at radius 2 is 2.11 bits per heavy atom. The van der Waals surface area contributed by atoms with E-state index in [0.717, 1.165) is 18.7 Å². The van der Waals surface area contributed by atoms with Gasteiger partial charge in [0, 0.05) is 12.6 Å². The van der Waals surface area contributed by atoms with Crippen LogP contribution in [0.2, 0.25) is 5.02 Å². The average molecular weight is 390 g/mol. The SMILES string of the molecule is CN(Cc1nnnn1C1CCCCC1)c1noc(-c2ccc(Cl)c(O)c2)n1. The molecule has 1 saturated carbocycles. The van der Waals surface area contributed by atoms with Gasteiger partial charge in [-0.25, -0.2) is 4.68 Å². The van der Waals surface area contributed by atoms with Crippen molar-refractivity contribution in [3.63, 3.8) is 0 Å². The molecule has 0 atom stereocenters. The number of hydrogen-bond donors (Lipinski definition) is 1. The van der Waals surface area contributed by atoms with Crippen molar-refractivity contribution in [3.8, 4) is 17.2 Å². The number of phenols is 1. The fourth-order valence-corrected chi connectivity index (χ4v) is 3.46. The van der Waals surface area contributed by atoms with E-state index in [-0.39, 0.29) is 10.8 Å². The normalized spacial score (nSPS) is 15.2. The van der Waals surface area contributed by atoms with Gasteiger partial charge >= 0.3 is 0 Å². The molecule has 3 aromatic rings. The Morgan fingerprint density at radius 1 is 1.30 bits per heavy atom.